The number of carbonyl (C=O) groups is 1. The summed E-state index contributed by atoms with van der Waals surface area (Å²) in [5, 5.41) is 0. The molecule has 0 spiro atoms. The Hall–Kier alpha value is -0.0900. The standard InChI is InChI=1S/C13H17Cl2NOS/c14-12-8-10(13(15)18-12)11(17)9-16-6-4-2-1-3-5-7-16/h8H,1-7,9H2. The minimum absolute atomic E-state index is 0.0868. The van der Waals surface area contributed by atoms with Gasteiger partial charge in [0, 0.05) is 0 Å². The van der Waals surface area contributed by atoms with Crippen molar-refractivity contribution in [3.8, 4) is 0 Å². The van der Waals surface area contributed by atoms with Crippen LogP contribution in [0.1, 0.15) is 42.5 Å². The first-order chi connectivity index (χ1) is 8.66. The fourth-order valence-corrected chi connectivity index (χ4v) is 3.79. The monoisotopic (exact) mass is 305 g/mol. The number of thiophene rings is 1. The molecule has 2 rings (SSSR count). The first-order valence-corrected chi connectivity index (χ1v) is 7.94. The van der Waals surface area contributed by atoms with Gasteiger partial charge in [0.2, 0.25) is 0 Å². The van der Waals surface area contributed by atoms with Crippen molar-refractivity contribution in [2.24, 2.45) is 0 Å². The molecule has 0 aliphatic carbocycles. The van der Waals surface area contributed by atoms with Crippen molar-refractivity contribution in [2.75, 3.05) is 19.6 Å². The molecule has 1 aliphatic rings. The molecule has 0 unspecified atom stereocenters. The van der Waals surface area contributed by atoms with Crippen molar-refractivity contribution in [2.45, 2.75) is 32.1 Å². The molecule has 1 fully saturated rings. The average molecular weight is 306 g/mol. The van der Waals surface area contributed by atoms with E-state index in [1.807, 2.05) is 0 Å². The third kappa shape index (κ3) is 3.95. The van der Waals surface area contributed by atoms with Gasteiger partial charge in [0.05, 0.1) is 16.4 Å². The molecule has 1 saturated heterocycles. The van der Waals surface area contributed by atoms with Gasteiger partial charge in [-0.3, -0.25) is 9.69 Å². The zero-order chi connectivity index (χ0) is 13.0. The number of hydrogen-bond donors (Lipinski definition) is 0. The maximum Gasteiger partial charge on any atom is 0.179 e. The van der Waals surface area contributed by atoms with Crippen molar-refractivity contribution >= 4 is 40.3 Å². The quantitative estimate of drug-likeness (QED) is 0.766. The number of carbonyl (C=O) groups excluding carboxylic acids is 1. The summed E-state index contributed by atoms with van der Waals surface area (Å²) in [5.74, 6) is 0.0868. The van der Waals surface area contributed by atoms with Crippen molar-refractivity contribution in [1.82, 2.24) is 4.90 Å². The summed E-state index contributed by atoms with van der Waals surface area (Å²) in [5.41, 5.74) is 0.578. The van der Waals surface area contributed by atoms with Crippen LogP contribution in [0.3, 0.4) is 0 Å². The molecule has 0 aromatic carbocycles. The van der Waals surface area contributed by atoms with Crippen LogP contribution in [0, 0.1) is 0 Å². The van der Waals surface area contributed by atoms with Gasteiger partial charge in [-0.2, -0.15) is 0 Å². The number of rotatable bonds is 3. The second-order valence-electron chi connectivity index (χ2n) is 4.70. The molecule has 0 amide bonds. The molecule has 2 heterocycles. The summed E-state index contributed by atoms with van der Waals surface area (Å²) in [6.07, 6.45) is 6.25. The van der Waals surface area contributed by atoms with E-state index < -0.39 is 0 Å². The first kappa shape index (κ1) is 14.3. The summed E-state index contributed by atoms with van der Waals surface area (Å²) < 4.78 is 1.09. The molecule has 0 bridgehead atoms. The van der Waals surface area contributed by atoms with E-state index in [4.69, 9.17) is 23.2 Å². The summed E-state index contributed by atoms with van der Waals surface area (Å²) >= 11 is 13.1. The lowest BCUT2D eigenvalue weighted by Gasteiger charge is -2.23. The minimum Gasteiger partial charge on any atom is -0.296 e. The Bertz CT molecular complexity index is 411. The van der Waals surface area contributed by atoms with Crippen LogP contribution in [0.2, 0.25) is 8.67 Å². The minimum atomic E-state index is 0.0868. The number of ketones is 1. The Morgan fingerprint density at radius 1 is 1.17 bits per heavy atom. The first-order valence-electron chi connectivity index (χ1n) is 6.37. The Morgan fingerprint density at radius 2 is 1.78 bits per heavy atom. The van der Waals surface area contributed by atoms with Crippen molar-refractivity contribution in [3.05, 3.63) is 20.3 Å². The predicted octanol–water partition coefficient (Wildman–Crippen LogP) is 4.50. The largest absolute Gasteiger partial charge is 0.296 e. The van der Waals surface area contributed by atoms with Crippen molar-refractivity contribution < 1.29 is 4.79 Å². The summed E-state index contributed by atoms with van der Waals surface area (Å²) in [4.78, 5) is 14.4. The van der Waals surface area contributed by atoms with E-state index in [1.54, 1.807) is 6.07 Å². The van der Waals surface area contributed by atoms with Gasteiger partial charge in [-0.1, -0.05) is 42.5 Å². The number of halogens is 2. The van der Waals surface area contributed by atoms with Gasteiger partial charge >= 0.3 is 0 Å². The highest BCUT2D eigenvalue weighted by Crippen LogP contribution is 2.31. The van der Waals surface area contributed by atoms with Crippen LogP contribution in [0.5, 0.6) is 0 Å². The van der Waals surface area contributed by atoms with Crippen molar-refractivity contribution in [1.29, 1.82) is 0 Å². The molecule has 0 atom stereocenters. The zero-order valence-corrected chi connectivity index (χ0v) is 12.6. The van der Waals surface area contributed by atoms with Gasteiger partial charge in [0.15, 0.2) is 5.78 Å². The Labute approximate surface area is 122 Å². The summed E-state index contributed by atoms with van der Waals surface area (Å²) in [6.45, 7) is 2.50. The number of Topliss-reactive ketones (excluding diaryl/α,β-unsaturated/α-hetero) is 1. The third-order valence-corrected chi connectivity index (χ3v) is 4.76. The van der Waals surface area contributed by atoms with E-state index in [0.717, 1.165) is 13.1 Å². The molecular weight excluding hydrogens is 289 g/mol. The molecule has 1 aliphatic heterocycles. The lowest BCUT2D eigenvalue weighted by Crippen LogP contribution is -2.32. The summed E-state index contributed by atoms with van der Waals surface area (Å²) in [6, 6.07) is 1.68. The van der Waals surface area contributed by atoms with Gasteiger partial charge in [-0.25, -0.2) is 0 Å². The predicted molar refractivity (Wildman–Crippen MR) is 78.2 cm³/mol. The van der Waals surface area contributed by atoms with Crippen LogP contribution < -0.4 is 0 Å². The normalized spacial score (nSPS) is 18.3. The van der Waals surface area contributed by atoms with Gasteiger partial charge in [0.25, 0.3) is 0 Å². The second-order valence-corrected chi connectivity index (χ2v) is 6.99. The Balaban J connectivity index is 1.95. The molecule has 100 valence electrons. The highest BCUT2D eigenvalue weighted by Gasteiger charge is 2.18. The fraction of sp³-hybridized carbons (Fsp3) is 0.615. The van der Waals surface area contributed by atoms with Crippen LogP contribution in [-0.4, -0.2) is 30.3 Å². The van der Waals surface area contributed by atoms with E-state index in [2.05, 4.69) is 4.90 Å². The van der Waals surface area contributed by atoms with E-state index in [-0.39, 0.29) is 5.78 Å². The maximum absolute atomic E-state index is 12.2. The van der Waals surface area contributed by atoms with Crippen LogP contribution in [0.4, 0.5) is 0 Å². The molecular formula is C13H17Cl2NOS. The molecule has 5 heteroatoms. The van der Waals surface area contributed by atoms with E-state index >= 15 is 0 Å². The van der Waals surface area contributed by atoms with Crippen LogP contribution in [0.25, 0.3) is 0 Å². The zero-order valence-electron chi connectivity index (χ0n) is 10.3. The van der Waals surface area contributed by atoms with Gasteiger partial charge in [-0.05, 0) is 32.0 Å². The number of likely N-dealkylation sites (tertiary alicyclic amines) is 1. The van der Waals surface area contributed by atoms with Gasteiger partial charge in [-0.15, -0.1) is 11.3 Å². The molecule has 0 N–H and O–H groups in total. The molecule has 0 radical (unpaired) electrons. The second kappa shape index (κ2) is 6.90. The highest BCUT2D eigenvalue weighted by molar-refractivity contribution is 7.20. The Kier molecular flexibility index (Phi) is 5.49. The van der Waals surface area contributed by atoms with Crippen LogP contribution in [0.15, 0.2) is 6.07 Å². The van der Waals surface area contributed by atoms with E-state index in [1.165, 1.54) is 43.4 Å². The molecule has 0 saturated carbocycles. The molecule has 1 aromatic heterocycles. The number of hydrogen-bond acceptors (Lipinski definition) is 3. The highest BCUT2D eigenvalue weighted by atomic mass is 35.5. The van der Waals surface area contributed by atoms with Crippen molar-refractivity contribution in [3.63, 3.8) is 0 Å². The van der Waals surface area contributed by atoms with Gasteiger partial charge < -0.3 is 0 Å². The Morgan fingerprint density at radius 3 is 2.33 bits per heavy atom. The summed E-state index contributed by atoms with van der Waals surface area (Å²) in [7, 11) is 0. The number of nitrogens with zero attached hydrogens (tertiary/aromatic N) is 1. The SMILES string of the molecule is O=C(CN1CCCCCCC1)c1cc(Cl)sc1Cl. The molecule has 2 nitrogen and oxygen atoms in total. The smallest absolute Gasteiger partial charge is 0.179 e. The fourth-order valence-electron chi connectivity index (χ4n) is 2.29. The molecule has 1 aromatic rings. The van der Waals surface area contributed by atoms with E-state index in [0.29, 0.717) is 20.8 Å². The lowest BCUT2D eigenvalue weighted by atomic mass is 10.1. The van der Waals surface area contributed by atoms with E-state index in [9.17, 15) is 4.79 Å². The topological polar surface area (TPSA) is 20.3 Å². The third-order valence-electron chi connectivity index (χ3n) is 3.27. The lowest BCUT2D eigenvalue weighted by molar-refractivity contribution is 0.0925. The van der Waals surface area contributed by atoms with Gasteiger partial charge in [0.1, 0.15) is 4.34 Å². The van der Waals surface area contributed by atoms with Crippen LogP contribution in [-0.2, 0) is 0 Å². The van der Waals surface area contributed by atoms with Crippen LogP contribution >= 0.6 is 34.5 Å². The average Bonchev–Trinajstić information content (AvgIpc) is 2.61. The maximum atomic E-state index is 12.2. The molecule has 18 heavy (non-hydrogen) atoms.